The Morgan fingerprint density at radius 3 is 2.39 bits per heavy atom. The molecule has 0 aliphatic heterocycles. The summed E-state index contributed by atoms with van der Waals surface area (Å²) >= 11 is 5.86. The predicted octanol–water partition coefficient (Wildman–Crippen LogP) is 3.22. The van der Waals surface area contributed by atoms with Gasteiger partial charge in [-0.05, 0) is 23.8 Å². The van der Waals surface area contributed by atoms with Gasteiger partial charge in [0.1, 0.15) is 5.75 Å². The normalized spacial score (nSPS) is 10.7. The van der Waals surface area contributed by atoms with E-state index in [4.69, 9.17) is 16.3 Å². The van der Waals surface area contributed by atoms with Crippen LogP contribution in [-0.4, -0.2) is 7.11 Å². The van der Waals surface area contributed by atoms with E-state index >= 15 is 0 Å². The van der Waals surface area contributed by atoms with Crippen molar-refractivity contribution < 1.29 is 4.74 Å². The first kappa shape index (κ1) is 15.3. The average Bonchev–Trinajstić information content (AvgIpc) is 2.59. The van der Waals surface area contributed by atoms with Crippen molar-refractivity contribution in [3.63, 3.8) is 0 Å². The molecule has 0 atom stereocenters. The Morgan fingerprint density at radius 1 is 1.00 bits per heavy atom. The zero-order valence-electron chi connectivity index (χ0n) is 12.4. The fourth-order valence-corrected chi connectivity index (χ4v) is 2.61. The molecule has 0 heterocycles. The number of benzene rings is 2. The van der Waals surface area contributed by atoms with E-state index in [2.05, 4.69) is 5.32 Å². The largest absolute Gasteiger partial charge is 0.496 e. The molecule has 3 aromatic carbocycles. The molecule has 116 valence electrons. The lowest BCUT2D eigenvalue weighted by Crippen LogP contribution is -2.36. The highest BCUT2D eigenvalue weighted by Crippen LogP contribution is 2.26. The van der Waals surface area contributed by atoms with Crippen molar-refractivity contribution >= 4 is 17.3 Å². The standard InChI is InChI=1S/C18H14ClNO3/c1-23-14-5-3-2-4-12(14)10-20-16-15(17(21)18(16)22)11-6-8-13(19)9-7-11/h2-9,20H,10H2,1H3. The molecule has 5 heteroatoms. The van der Waals surface area contributed by atoms with Gasteiger partial charge < -0.3 is 10.1 Å². The van der Waals surface area contributed by atoms with Gasteiger partial charge in [-0.3, -0.25) is 9.59 Å². The monoisotopic (exact) mass is 327 g/mol. The second kappa shape index (κ2) is 6.26. The molecule has 23 heavy (non-hydrogen) atoms. The summed E-state index contributed by atoms with van der Waals surface area (Å²) in [6.45, 7) is 0.398. The van der Waals surface area contributed by atoms with Crippen LogP contribution in [0.25, 0.3) is 11.1 Å². The molecule has 3 rings (SSSR count). The van der Waals surface area contributed by atoms with Crippen molar-refractivity contribution in [3.05, 3.63) is 79.6 Å². The van der Waals surface area contributed by atoms with Crippen LogP contribution in [0.2, 0.25) is 5.02 Å². The highest BCUT2D eigenvalue weighted by atomic mass is 35.5. The van der Waals surface area contributed by atoms with E-state index in [1.807, 2.05) is 24.3 Å². The second-order valence-corrected chi connectivity index (χ2v) is 5.52. The van der Waals surface area contributed by atoms with E-state index in [0.717, 1.165) is 11.3 Å². The zero-order valence-corrected chi connectivity index (χ0v) is 13.2. The van der Waals surface area contributed by atoms with E-state index in [9.17, 15) is 9.59 Å². The number of hydrogen-bond acceptors (Lipinski definition) is 4. The summed E-state index contributed by atoms with van der Waals surface area (Å²) in [4.78, 5) is 23.7. The van der Waals surface area contributed by atoms with Crippen molar-refractivity contribution in [1.29, 1.82) is 0 Å². The van der Waals surface area contributed by atoms with Crippen LogP contribution in [-0.2, 0) is 6.54 Å². The molecule has 0 fully saturated rings. The number of halogens is 1. The maximum absolute atomic E-state index is 11.9. The SMILES string of the molecule is COc1ccccc1CNc1c(-c2ccc(Cl)cc2)c(=O)c1=O. The van der Waals surface area contributed by atoms with Gasteiger partial charge in [0, 0.05) is 17.1 Å². The lowest BCUT2D eigenvalue weighted by Gasteiger charge is -2.15. The zero-order chi connectivity index (χ0) is 16.4. The van der Waals surface area contributed by atoms with Crippen LogP contribution in [0.3, 0.4) is 0 Å². The van der Waals surface area contributed by atoms with Crippen molar-refractivity contribution in [2.45, 2.75) is 6.54 Å². The fourth-order valence-electron chi connectivity index (χ4n) is 2.48. The van der Waals surface area contributed by atoms with Crippen LogP contribution < -0.4 is 20.9 Å². The van der Waals surface area contributed by atoms with Crippen molar-refractivity contribution in [2.24, 2.45) is 0 Å². The number of nitrogens with one attached hydrogen (secondary N) is 1. The van der Waals surface area contributed by atoms with Crippen LogP contribution in [0.4, 0.5) is 5.69 Å². The van der Waals surface area contributed by atoms with Gasteiger partial charge in [-0.1, -0.05) is 41.9 Å². The lowest BCUT2D eigenvalue weighted by molar-refractivity contribution is 0.410. The molecule has 0 aliphatic rings. The summed E-state index contributed by atoms with van der Waals surface area (Å²) in [5.74, 6) is 0.728. The first-order valence-corrected chi connectivity index (χ1v) is 7.44. The van der Waals surface area contributed by atoms with Gasteiger partial charge in [-0.2, -0.15) is 0 Å². The summed E-state index contributed by atoms with van der Waals surface area (Å²) in [6.07, 6.45) is 0. The highest BCUT2D eigenvalue weighted by Gasteiger charge is 2.22. The van der Waals surface area contributed by atoms with Gasteiger partial charge in [0.2, 0.25) is 10.9 Å². The van der Waals surface area contributed by atoms with Crippen LogP contribution in [0.1, 0.15) is 5.56 Å². The number of ether oxygens (including phenoxy) is 1. The highest BCUT2D eigenvalue weighted by molar-refractivity contribution is 6.30. The van der Waals surface area contributed by atoms with Crippen LogP contribution >= 0.6 is 11.6 Å². The summed E-state index contributed by atoms with van der Waals surface area (Å²) in [5, 5.41) is 3.63. The van der Waals surface area contributed by atoms with Crippen molar-refractivity contribution in [2.75, 3.05) is 12.4 Å². The Morgan fingerprint density at radius 2 is 1.70 bits per heavy atom. The van der Waals surface area contributed by atoms with Crippen LogP contribution in [0.15, 0.2) is 58.1 Å². The summed E-state index contributed by atoms with van der Waals surface area (Å²) in [5.41, 5.74) is 1.36. The van der Waals surface area contributed by atoms with E-state index < -0.39 is 10.9 Å². The van der Waals surface area contributed by atoms with E-state index in [1.54, 1.807) is 31.4 Å². The van der Waals surface area contributed by atoms with E-state index in [1.165, 1.54) is 0 Å². The quantitative estimate of drug-likeness (QED) is 0.731. The number of hydrogen-bond donors (Lipinski definition) is 1. The Bertz CT molecular complexity index is 909. The number of para-hydroxylation sites is 1. The Labute approximate surface area is 138 Å². The van der Waals surface area contributed by atoms with Crippen molar-refractivity contribution in [1.82, 2.24) is 0 Å². The molecule has 0 bridgehead atoms. The molecular weight excluding hydrogens is 314 g/mol. The maximum Gasteiger partial charge on any atom is 0.250 e. The molecule has 0 unspecified atom stereocenters. The first-order valence-electron chi connectivity index (χ1n) is 7.07. The molecule has 4 nitrogen and oxygen atoms in total. The molecule has 0 saturated heterocycles. The number of anilines is 1. The predicted molar refractivity (Wildman–Crippen MR) is 92.1 cm³/mol. The minimum absolute atomic E-state index is 0.336. The fraction of sp³-hybridized carbons (Fsp3) is 0.111. The summed E-state index contributed by atoms with van der Waals surface area (Å²) in [6, 6.07) is 14.4. The maximum atomic E-state index is 11.9. The summed E-state index contributed by atoms with van der Waals surface area (Å²) < 4.78 is 5.28. The molecule has 0 radical (unpaired) electrons. The Balaban J connectivity index is 1.87. The van der Waals surface area contributed by atoms with Gasteiger partial charge in [-0.15, -0.1) is 0 Å². The molecule has 0 aromatic heterocycles. The molecule has 1 N–H and O–H groups in total. The van der Waals surface area contributed by atoms with Gasteiger partial charge in [0.25, 0.3) is 0 Å². The number of methoxy groups -OCH3 is 1. The smallest absolute Gasteiger partial charge is 0.250 e. The molecule has 0 aliphatic carbocycles. The van der Waals surface area contributed by atoms with Gasteiger partial charge >= 0.3 is 0 Å². The molecular formula is C18H14ClNO3. The lowest BCUT2D eigenvalue weighted by atomic mass is 9.98. The third kappa shape index (κ3) is 2.85. The number of rotatable bonds is 5. The minimum atomic E-state index is -0.496. The average molecular weight is 328 g/mol. The first-order chi connectivity index (χ1) is 11.1. The molecule has 3 aromatic rings. The Hall–Kier alpha value is -2.59. The molecule has 0 saturated carbocycles. The topological polar surface area (TPSA) is 55.4 Å². The third-order valence-electron chi connectivity index (χ3n) is 3.69. The Kier molecular flexibility index (Phi) is 4.17. The van der Waals surface area contributed by atoms with E-state index in [0.29, 0.717) is 28.4 Å². The van der Waals surface area contributed by atoms with Crippen LogP contribution in [0, 0.1) is 0 Å². The van der Waals surface area contributed by atoms with Gasteiger partial charge in [0.15, 0.2) is 0 Å². The third-order valence-corrected chi connectivity index (χ3v) is 3.94. The second-order valence-electron chi connectivity index (χ2n) is 5.08. The molecule has 0 spiro atoms. The van der Waals surface area contributed by atoms with Gasteiger partial charge in [-0.25, -0.2) is 0 Å². The molecule has 0 amide bonds. The van der Waals surface area contributed by atoms with Gasteiger partial charge in [0.05, 0.1) is 18.4 Å². The minimum Gasteiger partial charge on any atom is -0.496 e. The summed E-state index contributed by atoms with van der Waals surface area (Å²) in [7, 11) is 1.59. The van der Waals surface area contributed by atoms with E-state index in [-0.39, 0.29) is 0 Å². The van der Waals surface area contributed by atoms with Crippen LogP contribution in [0.5, 0.6) is 5.75 Å². The van der Waals surface area contributed by atoms with Crippen molar-refractivity contribution in [3.8, 4) is 16.9 Å².